The molecule has 0 aromatic carbocycles. The Morgan fingerprint density at radius 2 is 1.24 bits per heavy atom. The van der Waals surface area contributed by atoms with Gasteiger partial charge in [0, 0.05) is 12.5 Å². The lowest BCUT2D eigenvalue weighted by molar-refractivity contribution is -0.147. The zero-order valence-electron chi connectivity index (χ0n) is 21.2. The van der Waals surface area contributed by atoms with E-state index in [1.807, 2.05) is 6.92 Å². The number of aliphatic hydroxyl groups excluding tert-OH is 2. The largest absolute Gasteiger partial charge is 0.478 e. The maximum absolute atomic E-state index is 11.4. The van der Waals surface area contributed by atoms with Crippen molar-refractivity contribution in [3.05, 3.63) is 24.3 Å². The predicted molar refractivity (Wildman–Crippen MR) is 135 cm³/mol. The second-order valence-electron chi connectivity index (χ2n) is 8.44. The summed E-state index contributed by atoms with van der Waals surface area (Å²) in [5.74, 6) is -1.19. The molecule has 0 aliphatic carbocycles. The Balaban J connectivity index is 0. The molecule has 194 valence electrons. The zero-order valence-corrected chi connectivity index (χ0v) is 21.2. The highest BCUT2D eigenvalue weighted by molar-refractivity contribution is 5.80. The summed E-state index contributed by atoms with van der Waals surface area (Å²) in [6, 6.07) is 0. The number of rotatable bonds is 21. The topological polar surface area (TPSA) is 104 Å². The van der Waals surface area contributed by atoms with E-state index in [1.54, 1.807) is 12.2 Å². The van der Waals surface area contributed by atoms with Crippen molar-refractivity contribution in [2.75, 3.05) is 13.2 Å². The molecule has 0 aromatic rings. The standard InChI is InChI=1S/C21H42O4.C6H8O2/c1-2-3-4-5-6-7-8-9-10-11-12-13-14-15-16-17-21(24)25-19-20(23)18-22;1-2-3-4-5-6(7)8/h20,22-23H,2-19H2,1H3;2-5H,1H3,(H,7,8). The van der Waals surface area contributed by atoms with Crippen LogP contribution in [0.25, 0.3) is 0 Å². The van der Waals surface area contributed by atoms with Crippen LogP contribution in [-0.4, -0.2) is 46.6 Å². The smallest absolute Gasteiger partial charge is 0.328 e. The molecule has 33 heavy (non-hydrogen) atoms. The molecule has 0 fully saturated rings. The van der Waals surface area contributed by atoms with Crippen LogP contribution in [0.2, 0.25) is 0 Å². The molecular weight excluding hydrogens is 420 g/mol. The van der Waals surface area contributed by atoms with E-state index < -0.39 is 12.1 Å². The Kier molecular flexibility index (Phi) is 28.8. The molecular formula is C27H50O6. The first kappa shape index (κ1) is 33.5. The number of carboxylic acids is 1. The van der Waals surface area contributed by atoms with Crippen LogP contribution in [-0.2, 0) is 14.3 Å². The summed E-state index contributed by atoms with van der Waals surface area (Å²) in [4.78, 5) is 21.1. The SMILES string of the molecule is CC=CC=CC(=O)O.CCCCCCCCCCCCCCCCCC(=O)OCC(O)CO. The summed E-state index contributed by atoms with van der Waals surface area (Å²) in [6.07, 6.45) is 25.0. The lowest BCUT2D eigenvalue weighted by Crippen LogP contribution is -2.21. The van der Waals surface area contributed by atoms with E-state index in [-0.39, 0.29) is 19.2 Å². The molecule has 0 rings (SSSR count). The van der Waals surface area contributed by atoms with E-state index in [2.05, 4.69) is 6.92 Å². The molecule has 0 amide bonds. The van der Waals surface area contributed by atoms with Gasteiger partial charge in [-0.1, -0.05) is 115 Å². The second-order valence-corrected chi connectivity index (χ2v) is 8.44. The minimum absolute atomic E-state index is 0.103. The minimum Gasteiger partial charge on any atom is -0.478 e. The highest BCUT2D eigenvalue weighted by Gasteiger charge is 2.07. The van der Waals surface area contributed by atoms with Crippen molar-refractivity contribution in [3.63, 3.8) is 0 Å². The van der Waals surface area contributed by atoms with Gasteiger partial charge in [0.25, 0.3) is 0 Å². The third-order valence-corrected chi connectivity index (χ3v) is 5.17. The quantitative estimate of drug-likeness (QED) is 0.0781. The van der Waals surface area contributed by atoms with Gasteiger partial charge in [-0.15, -0.1) is 0 Å². The number of allylic oxidation sites excluding steroid dienone is 3. The third kappa shape index (κ3) is 32.6. The number of carboxylic acid groups (broad SMARTS) is 1. The lowest BCUT2D eigenvalue weighted by atomic mass is 10.0. The molecule has 1 unspecified atom stereocenters. The van der Waals surface area contributed by atoms with E-state index in [4.69, 9.17) is 20.1 Å². The van der Waals surface area contributed by atoms with Crippen molar-refractivity contribution in [2.24, 2.45) is 0 Å². The maximum Gasteiger partial charge on any atom is 0.328 e. The number of hydrogen-bond acceptors (Lipinski definition) is 5. The molecule has 0 radical (unpaired) electrons. The molecule has 0 bridgehead atoms. The molecule has 0 saturated heterocycles. The Hall–Kier alpha value is -1.66. The first-order valence-corrected chi connectivity index (χ1v) is 12.9. The Morgan fingerprint density at radius 1 is 0.788 bits per heavy atom. The highest BCUT2D eigenvalue weighted by Crippen LogP contribution is 2.13. The summed E-state index contributed by atoms with van der Waals surface area (Å²) in [5, 5.41) is 25.7. The average molecular weight is 471 g/mol. The van der Waals surface area contributed by atoms with Crippen LogP contribution < -0.4 is 0 Å². The van der Waals surface area contributed by atoms with E-state index >= 15 is 0 Å². The summed E-state index contributed by atoms with van der Waals surface area (Å²) >= 11 is 0. The van der Waals surface area contributed by atoms with Crippen LogP contribution in [0.3, 0.4) is 0 Å². The fraction of sp³-hybridized carbons (Fsp3) is 0.778. The van der Waals surface area contributed by atoms with E-state index in [9.17, 15) is 9.59 Å². The Morgan fingerprint density at radius 3 is 1.64 bits per heavy atom. The fourth-order valence-corrected chi connectivity index (χ4v) is 3.20. The molecule has 0 spiro atoms. The number of ether oxygens (including phenoxy) is 1. The first-order chi connectivity index (χ1) is 16.0. The number of esters is 1. The number of unbranched alkanes of at least 4 members (excludes halogenated alkanes) is 14. The molecule has 0 aliphatic rings. The molecule has 0 aliphatic heterocycles. The van der Waals surface area contributed by atoms with Gasteiger partial charge < -0.3 is 20.1 Å². The van der Waals surface area contributed by atoms with Crippen LogP contribution in [0.5, 0.6) is 0 Å². The van der Waals surface area contributed by atoms with Crippen LogP contribution in [0.4, 0.5) is 0 Å². The van der Waals surface area contributed by atoms with Gasteiger partial charge in [-0.2, -0.15) is 0 Å². The monoisotopic (exact) mass is 470 g/mol. The number of carbonyl (C=O) groups excluding carboxylic acids is 1. The maximum atomic E-state index is 11.4. The van der Waals surface area contributed by atoms with Crippen molar-refractivity contribution in [1.82, 2.24) is 0 Å². The molecule has 6 nitrogen and oxygen atoms in total. The molecule has 0 saturated carbocycles. The van der Waals surface area contributed by atoms with Crippen molar-refractivity contribution in [2.45, 2.75) is 123 Å². The van der Waals surface area contributed by atoms with Gasteiger partial charge in [0.15, 0.2) is 0 Å². The fourth-order valence-electron chi connectivity index (χ4n) is 3.20. The van der Waals surface area contributed by atoms with Gasteiger partial charge in [-0.05, 0) is 13.3 Å². The van der Waals surface area contributed by atoms with E-state index in [1.165, 1.54) is 89.5 Å². The summed E-state index contributed by atoms with van der Waals surface area (Å²) < 4.78 is 4.86. The van der Waals surface area contributed by atoms with E-state index in [0.29, 0.717) is 6.42 Å². The number of aliphatic carboxylic acids is 1. The van der Waals surface area contributed by atoms with Crippen LogP contribution >= 0.6 is 0 Å². The summed E-state index contributed by atoms with van der Waals surface area (Å²) in [5.41, 5.74) is 0. The molecule has 6 heteroatoms. The van der Waals surface area contributed by atoms with Crippen LogP contribution in [0, 0.1) is 0 Å². The zero-order chi connectivity index (χ0) is 25.0. The Bertz CT molecular complexity index is 487. The second kappa shape index (κ2) is 28.4. The molecule has 3 N–H and O–H groups in total. The predicted octanol–water partition coefficient (Wildman–Crippen LogP) is 6.35. The minimum atomic E-state index is -0.954. The van der Waals surface area contributed by atoms with Gasteiger partial charge in [-0.25, -0.2) is 4.79 Å². The normalized spacial score (nSPS) is 12.0. The molecule has 1 atom stereocenters. The van der Waals surface area contributed by atoms with Gasteiger partial charge >= 0.3 is 11.9 Å². The summed E-state index contributed by atoms with van der Waals surface area (Å²) in [7, 11) is 0. The number of aliphatic hydroxyl groups is 2. The Labute approximate surface area is 202 Å². The van der Waals surface area contributed by atoms with Crippen molar-refractivity contribution < 1.29 is 29.6 Å². The van der Waals surface area contributed by atoms with Crippen molar-refractivity contribution >= 4 is 11.9 Å². The van der Waals surface area contributed by atoms with Gasteiger partial charge in [0.2, 0.25) is 0 Å². The van der Waals surface area contributed by atoms with Crippen LogP contribution in [0.15, 0.2) is 24.3 Å². The first-order valence-electron chi connectivity index (χ1n) is 12.9. The summed E-state index contributed by atoms with van der Waals surface area (Å²) in [6.45, 7) is 3.62. The van der Waals surface area contributed by atoms with Gasteiger partial charge in [-0.3, -0.25) is 4.79 Å². The van der Waals surface area contributed by atoms with Crippen molar-refractivity contribution in [3.8, 4) is 0 Å². The number of carbonyl (C=O) groups is 2. The number of hydrogen-bond donors (Lipinski definition) is 3. The highest BCUT2D eigenvalue weighted by atomic mass is 16.5. The van der Waals surface area contributed by atoms with Crippen molar-refractivity contribution in [1.29, 1.82) is 0 Å². The van der Waals surface area contributed by atoms with E-state index in [0.717, 1.165) is 18.9 Å². The third-order valence-electron chi connectivity index (χ3n) is 5.17. The average Bonchev–Trinajstić information content (AvgIpc) is 2.80. The van der Waals surface area contributed by atoms with Crippen LogP contribution in [0.1, 0.15) is 117 Å². The molecule has 0 aromatic heterocycles. The molecule has 0 heterocycles. The lowest BCUT2D eigenvalue weighted by Gasteiger charge is -2.08. The van der Waals surface area contributed by atoms with Gasteiger partial charge in [0.1, 0.15) is 12.7 Å². The van der Waals surface area contributed by atoms with Gasteiger partial charge in [0.05, 0.1) is 6.61 Å².